The smallest absolute Gasteiger partial charge is 0.471 e. The Bertz CT molecular complexity index is 1710. The molecule has 2 aliphatic heterocycles. The fraction of sp³-hybridized carbons (Fsp3) is 0.391. The number of hydrogen-bond donors (Lipinski definition) is 5. The number of fused-ring (bicyclic) bond motifs is 1. The van der Waals surface area contributed by atoms with E-state index in [9.17, 15) is 47.4 Å². The van der Waals surface area contributed by atoms with Gasteiger partial charge < -0.3 is 20.4 Å². The Morgan fingerprint density at radius 2 is 2.00 bits per heavy atom. The van der Waals surface area contributed by atoms with Crippen LogP contribution in [0.1, 0.15) is 19.5 Å². The fourth-order valence-electron chi connectivity index (χ4n) is 3.85. The second-order valence-electron chi connectivity index (χ2n) is 9.55. The van der Waals surface area contributed by atoms with Crippen LogP contribution in [0, 0.1) is 0 Å². The minimum Gasteiger partial charge on any atom is -0.477 e. The number of aliphatic carboxylic acids is 2. The molecular weight excluding hydrogens is 714 g/mol. The molecule has 0 spiro atoms. The Morgan fingerprint density at radius 1 is 1.27 bits per heavy atom. The first-order valence-electron chi connectivity index (χ1n) is 13.1. The van der Waals surface area contributed by atoms with E-state index in [4.69, 9.17) is 4.84 Å². The van der Waals surface area contributed by atoms with Crippen molar-refractivity contribution >= 4 is 81.6 Å². The molecule has 1 fully saturated rings. The van der Waals surface area contributed by atoms with Crippen molar-refractivity contribution in [3.05, 3.63) is 28.0 Å². The molecule has 2 atom stereocenters. The first-order valence-corrected chi connectivity index (χ1v) is 16.0. The number of amides is 3. The third-order valence-electron chi connectivity index (χ3n) is 5.86. The van der Waals surface area contributed by atoms with E-state index < -0.39 is 69.9 Å². The number of oxime groups is 1. The molecule has 19 nitrogen and oxygen atoms in total. The standard InChI is InChI=1S/C23H23F3N10O9S3/c1-8(2)45-32-12(11-7-47-21(27-11)29-20(43)23(24,25)26)15(37)28-13-16(38)36-14(19(41)42)9(5-46-17(13)36)6-48-22-30-33-34-35(22)4-10(18(39)40)31-44-3/h4,7-8,13,17,31H,5-6H2,1-3H3,(H,28,37)(H,39,40)(H,41,42)(H,27,29,43)/t13?,17-/m0/s1. The number of carboxylic acids is 2. The maximum Gasteiger partial charge on any atom is 0.471 e. The second kappa shape index (κ2) is 15.0. The normalized spacial score (nSPS) is 18.3. The summed E-state index contributed by atoms with van der Waals surface area (Å²) >= 11 is 2.69. The monoisotopic (exact) mass is 736 g/mol. The third-order valence-corrected chi connectivity index (χ3v) is 8.98. The van der Waals surface area contributed by atoms with Gasteiger partial charge in [0.1, 0.15) is 28.9 Å². The lowest BCUT2D eigenvalue weighted by atomic mass is 10.0. The van der Waals surface area contributed by atoms with Crippen LogP contribution < -0.4 is 16.1 Å². The van der Waals surface area contributed by atoms with E-state index in [1.165, 1.54) is 7.11 Å². The summed E-state index contributed by atoms with van der Waals surface area (Å²) in [7, 11) is 1.20. The number of alkyl halides is 3. The van der Waals surface area contributed by atoms with Gasteiger partial charge in [-0.25, -0.2) is 14.6 Å². The fourth-order valence-corrected chi connectivity index (χ4v) is 6.87. The summed E-state index contributed by atoms with van der Waals surface area (Å²) in [5.41, 5.74) is 0.967. The van der Waals surface area contributed by atoms with E-state index in [1.54, 1.807) is 19.2 Å². The summed E-state index contributed by atoms with van der Waals surface area (Å²) in [6, 6.07) is -1.22. The van der Waals surface area contributed by atoms with Crippen LogP contribution in [0.2, 0.25) is 0 Å². The number of tetrazole rings is 1. The van der Waals surface area contributed by atoms with Crippen molar-refractivity contribution in [2.24, 2.45) is 5.16 Å². The predicted molar refractivity (Wildman–Crippen MR) is 160 cm³/mol. The molecule has 48 heavy (non-hydrogen) atoms. The molecule has 1 saturated heterocycles. The van der Waals surface area contributed by atoms with E-state index in [2.05, 4.69) is 41.3 Å². The lowest BCUT2D eigenvalue weighted by molar-refractivity contribution is -0.167. The molecule has 1 unspecified atom stereocenters. The Morgan fingerprint density at radius 3 is 2.62 bits per heavy atom. The van der Waals surface area contributed by atoms with E-state index in [0.717, 1.165) is 44.7 Å². The zero-order chi connectivity index (χ0) is 35.3. The molecule has 0 bridgehead atoms. The number of carboxylic acid groups (broad SMARTS) is 2. The Hall–Kier alpha value is -4.75. The molecule has 0 saturated carbocycles. The van der Waals surface area contributed by atoms with Gasteiger partial charge in [-0.3, -0.25) is 34.9 Å². The molecule has 4 rings (SSSR count). The largest absolute Gasteiger partial charge is 0.477 e. The molecule has 0 radical (unpaired) electrons. The predicted octanol–water partition coefficient (Wildman–Crippen LogP) is 0.324. The van der Waals surface area contributed by atoms with Gasteiger partial charge in [0.05, 0.1) is 13.3 Å². The summed E-state index contributed by atoms with van der Waals surface area (Å²) in [5.74, 6) is -6.76. The zero-order valence-corrected chi connectivity index (χ0v) is 27.0. The first-order chi connectivity index (χ1) is 22.6. The van der Waals surface area contributed by atoms with Gasteiger partial charge in [0.2, 0.25) is 5.16 Å². The van der Waals surface area contributed by atoms with Crippen LogP contribution in [0.3, 0.4) is 0 Å². The Balaban J connectivity index is 1.49. The minimum atomic E-state index is -5.18. The van der Waals surface area contributed by atoms with Crippen LogP contribution in [-0.2, 0) is 33.6 Å². The molecule has 0 aromatic carbocycles. The van der Waals surface area contributed by atoms with Gasteiger partial charge in [0, 0.05) is 16.9 Å². The van der Waals surface area contributed by atoms with Crippen molar-refractivity contribution in [2.45, 2.75) is 42.7 Å². The topological polar surface area (TPSA) is 252 Å². The average molecular weight is 737 g/mol. The molecule has 25 heteroatoms. The SMILES string of the molecule is CONC(=Cn1nnnc1SCC1=C(C(=O)O)N2C(=O)C(NC(=O)C(=NOC(C)C)c3csc(NC(=O)C(F)(F)F)n3)[C@@H]2SC1)C(=O)O. The number of carbonyl (C=O) groups excluding carboxylic acids is 3. The number of thiazole rings is 1. The van der Waals surface area contributed by atoms with E-state index in [0.29, 0.717) is 16.9 Å². The molecule has 0 aliphatic carbocycles. The number of nitrogens with zero attached hydrogens (tertiary/aromatic N) is 7. The number of aromatic nitrogens is 5. The zero-order valence-electron chi connectivity index (χ0n) is 24.5. The van der Waals surface area contributed by atoms with Crippen LogP contribution in [0.5, 0.6) is 0 Å². The maximum absolute atomic E-state index is 13.3. The van der Waals surface area contributed by atoms with Crippen molar-refractivity contribution in [1.29, 1.82) is 0 Å². The summed E-state index contributed by atoms with van der Waals surface area (Å²) in [5, 5.41) is 37.9. The molecule has 258 valence electrons. The van der Waals surface area contributed by atoms with Gasteiger partial charge in [0.25, 0.3) is 11.8 Å². The molecule has 2 aliphatic rings. The highest BCUT2D eigenvalue weighted by Gasteiger charge is 2.54. The quantitative estimate of drug-likeness (QED) is 0.0576. The molecule has 3 amide bonds. The Labute approximate surface area is 278 Å². The van der Waals surface area contributed by atoms with Crippen LogP contribution >= 0.6 is 34.9 Å². The highest BCUT2D eigenvalue weighted by molar-refractivity contribution is 8.01. The van der Waals surface area contributed by atoms with Gasteiger partial charge in [-0.15, -0.1) is 28.2 Å². The summed E-state index contributed by atoms with van der Waals surface area (Å²) in [6.07, 6.45) is -4.68. The average Bonchev–Trinajstić information content (AvgIpc) is 3.66. The number of β-lactam (4-membered cyclic amide) rings is 1. The van der Waals surface area contributed by atoms with Crippen molar-refractivity contribution in [1.82, 2.24) is 40.9 Å². The van der Waals surface area contributed by atoms with Crippen LogP contribution in [0.15, 0.2) is 32.7 Å². The molecule has 2 aromatic rings. The lowest BCUT2D eigenvalue weighted by Gasteiger charge is -2.49. The van der Waals surface area contributed by atoms with Crippen molar-refractivity contribution in [2.75, 3.05) is 23.9 Å². The number of rotatable bonds is 14. The maximum atomic E-state index is 13.3. The summed E-state index contributed by atoms with van der Waals surface area (Å²) in [4.78, 5) is 76.0. The number of nitrogens with one attached hydrogen (secondary N) is 3. The number of anilines is 1. The van der Waals surface area contributed by atoms with E-state index >= 15 is 0 Å². The lowest BCUT2D eigenvalue weighted by Crippen LogP contribution is -2.71. The van der Waals surface area contributed by atoms with Gasteiger partial charge in [0.15, 0.2) is 16.5 Å². The molecule has 5 N–H and O–H groups in total. The highest BCUT2D eigenvalue weighted by atomic mass is 32.2. The molecule has 2 aromatic heterocycles. The van der Waals surface area contributed by atoms with Crippen molar-refractivity contribution < 1.29 is 57.0 Å². The second-order valence-corrected chi connectivity index (χ2v) is 12.5. The van der Waals surface area contributed by atoms with E-state index in [-0.39, 0.29) is 28.1 Å². The van der Waals surface area contributed by atoms with Crippen molar-refractivity contribution in [3.63, 3.8) is 0 Å². The highest BCUT2D eigenvalue weighted by Crippen LogP contribution is 2.41. The van der Waals surface area contributed by atoms with Crippen molar-refractivity contribution in [3.8, 4) is 0 Å². The number of thioether (sulfide) groups is 2. The minimum absolute atomic E-state index is 0.0170. The number of carbonyl (C=O) groups is 5. The third kappa shape index (κ3) is 8.20. The first kappa shape index (κ1) is 36.1. The number of halogens is 3. The molecular formula is C23H23F3N10O9S3. The van der Waals surface area contributed by atoms with Gasteiger partial charge in [-0.1, -0.05) is 16.9 Å². The van der Waals surface area contributed by atoms with Gasteiger partial charge in [-0.2, -0.15) is 17.9 Å². The summed E-state index contributed by atoms with van der Waals surface area (Å²) < 4.78 is 39.0. The number of hydrogen-bond acceptors (Lipinski definition) is 16. The van der Waals surface area contributed by atoms with E-state index in [1.807, 2.05) is 0 Å². The van der Waals surface area contributed by atoms with Gasteiger partial charge >= 0.3 is 24.0 Å². The van der Waals surface area contributed by atoms with Crippen LogP contribution in [0.25, 0.3) is 6.20 Å². The van der Waals surface area contributed by atoms with Crippen LogP contribution in [-0.4, -0.2) is 118 Å². The molecule has 4 heterocycles. The van der Waals surface area contributed by atoms with Gasteiger partial charge in [-0.05, 0) is 29.8 Å². The number of hydroxylamine groups is 1. The Kier molecular flexibility index (Phi) is 11.3. The van der Waals surface area contributed by atoms with Crippen LogP contribution in [0.4, 0.5) is 18.3 Å². The summed E-state index contributed by atoms with van der Waals surface area (Å²) in [6.45, 7) is 3.17.